The zero-order valence-corrected chi connectivity index (χ0v) is 10.2. The zero-order valence-electron chi connectivity index (χ0n) is 10.2. The lowest BCUT2D eigenvalue weighted by atomic mass is 9.96. The molecule has 1 saturated heterocycles. The minimum Gasteiger partial charge on any atom is -0.353 e. The van der Waals surface area contributed by atoms with Crippen LogP contribution in [0, 0.1) is 11.8 Å². The van der Waals surface area contributed by atoms with Gasteiger partial charge >= 0.3 is 0 Å². The molecule has 1 amide bonds. The fourth-order valence-electron chi connectivity index (χ4n) is 2.20. The molecular weight excluding hydrogens is 188 g/mol. The molecule has 15 heavy (non-hydrogen) atoms. The summed E-state index contributed by atoms with van der Waals surface area (Å²) in [5.74, 6) is 0.896. The van der Waals surface area contributed by atoms with Crippen LogP contribution < -0.4 is 10.6 Å². The smallest absolute Gasteiger partial charge is 0.224 e. The van der Waals surface area contributed by atoms with Gasteiger partial charge in [-0.05, 0) is 25.3 Å². The second-order valence-corrected chi connectivity index (χ2v) is 4.64. The lowest BCUT2D eigenvalue weighted by Crippen LogP contribution is -2.40. The van der Waals surface area contributed by atoms with E-state index < -0.39 is 0 Å². The number of nitrogens with one attached hydrogen (secondary N) is 2. The third-order valence-electron chi connectivity index (χ3n) is 3.33. The molecule has 0 aromatic carbocycles. The predicted octanol–water partition coefficient (Wildman–Crippen LogP) is 1.54. The molecule has 3 unspecified atom stereocenters. The van der Waals surface area contributed by atoms with E-state index in [9.17, 15) is 4.79 Å². The van der Waals surface area contributed by atoms with Crippen molar-refractivity contribution in [3.05, 3.63) is 0 Å². The molecular formula is C12H24N2O. The van der Waals surface area contributed by atoms with Crippen LogP contribution in [-0.2, 0) is 4.79 Å². The summed E-state index contributed by atoms with van der Waals surface area (Å²) in [6.07, 6.45) is 3.27. The summed E-state index contributed by atoms with van der Waals surface area (Å²) in [5, 5.41) is 6.43. The molecule has 3 nitrogen and oxygen atoms in total. The van der Waals surface area contributed by atoms with Gasteiger partial charge in [0.25, 0.3) is 0 Å². The molecule has 88 valence electrons. The topological polar surface area (TPSA) is 41.1 Å². The van der Waals surface area contributed by atoms with E-state index >= 15 is 0 Å². The van der Waals surface area contributed by atoms with Crippen LogP contribution in [0.2, 0.25) is 0 Å². The number of hydrogen-bond donors (Lipinski definition) is 2. The molecule has 0 radical (unpaired) electrons. The van der Waals surface area contributed by atoms with Crippen LogP contribution >= 0.6 is 0 Å². The molecule has 1 aliphatic heterocycles. The molecule has 0 aliphatic carbocycles. The standard InChI is InChI=1S/C12H24N2O/c1-4-6-10(5-2)14-12(15)11-8-13-7-9(11)3/h9-11,13H,4-8H2,1-3H3,(H,14,15). The van der Waals surface area contributed by atoms with Crippen molar-refractivity contribution in [2.24, 2.45) is 11.8 Å². The maximum absolute atomic E-state index is 11.9. The number of rotatable bonds is 5. The van der Waals surface area contributed by atoms with Crippen molar-refractivity contribution >= 4 is 5.91 Å². The van der Waals surface area contributed by atoms with Crippen LogP contribution in [-0.4, -0.2) is 25.0 Å². The van der Waals surface area contributed by atoms with Crippen LogP contribution in [0.5, 0.6) is 0 Å². The van der Waals surface area contributed by atoms with E-state index in [1.807, 2.05) is 0 Å². The first-order chi connectivity index (χ1) is 7.19. The summed E-state index contributed by atoms with van der Waals surface area (Å²) >= 11 is 0. The Morgan fingerprint density at radius 2 is 2.20 bits per heavy atom. The van der Waals surface area contributed by atoms with Crippen molar-refractivity contribution in [3.63, 3.8) is 0 Å². The van der Waals surface area contributed by atoms with Crippen LogP contribution in [0.15, 0.2) is 0 Å². The number of carbonyl (C=O) groups is 1. The summed E-state index contributed by atoms with van der Waals surface area (Å²) < 4.78 is 0. The third kappa shape index (κ3) is 3.49. The molecule has 0 spiro atoms. The highest BCUT2D eigenvalue weighted by Crippen LogP contribution is 2.16. The van der Waals surface area contributed by atoms with Gasteiger partial charge in [-0.15, -0.1) is 0 Å². The van der Waals surface area contributed by atoms with Gasteiger partial charge < -0.3 is 10.6 Å². The summed E-state index contributed by atoms with van der Waals surface area (Å²) in [4.78, 5) is 11.9. The van der Waals surface area contributed by atoms with Crippen LogP contribution in [0.3, 0.4) is 0 Å². The van der Waals surface area contributed by atoms with E-state index in [-0.39, 0.29) is 11.8 Å². The predicted molar refractivity (Wildman–Crippen MR) is 62.7 cm³/mol. The molecule has 0 aromatic rings. The molecule has 2 N–H and O–H groups in total. The Bertz CT molecular complexity index is 206. The highest BCUT2D eigenvalue weighted by atomic mass is 16.2. The fourth-order valence-corrected chi connectivity index (χ4v) is 2.20. The molecule has 3 heteroatoms. The van der Waals surface area contributed by atoms with Gasteiger partial charge in [0.2, 0.25) is 5.91 Å². The second kappa shape index (κ2) is 6.11. The van der Waals surface area contributed by atoms with Gasteiger partial charge in [-0.25, -0.2) is 0 Å². The number of amides is 1. The van der Waals surface area contributed by atoms with E-state index in [0.717, 1.165) is 32.4 Å². The van der Waals surface area contributed by atoms with Crippen molar-refractivity contribution in [1.82, 2.24) is 10.6 Å². The Labute approximate surface area is 93.0 Å². The highest BCUT2D eigenvalue weighted by Gasteiger charge is 2.30. The minimum absolute atomic E-state index is 0.177. The molecule has 1 aliphatic rings. The van der Waals surface area contributed by atoms with Gasteiger partial charge in [0, 0.05) is 12.6 Å². The zero-order chi connectivity index (χ0) is 11.3. The highest BCUT2D eigenvalue weighted by molar-refractivity contribution is 5.79. The number of carbonyl (C=O) groups excluding carboxylic acids is 1. The van der Waals surface area contributed by atoms with E-state index in [4.69, 9.17) is 0 Å². The van der Waals surface area contributed by atoms with Crippen molar-refractivity contribution in [2.75, 3.05) is 13.1 Å². The summed E-state index contributed by atoms with van der Waals surface area (Å²) in [5.41, 5.74) is 0. The largest absolute Gasteiger partial charge is 0.353 e. The second-order valence-electron chi connectivity index (χ2n) is 4.64. The van der Waals surface area contributed by atoms with Gasteiger partial charge in [0.1, 0.15) is 0 Å². The average Bonchev–Trinajstić information content (AvgIpc) is 2.63. The van der Waals surface area contributed by atoms with Crippen molar-refractivity contribution < 1.29 is 4.79 Å². The lowest BCUT2D eigenvalue weighted by Gasteiger charge is -2.20. The van der Waals surface area contributed by atoms with E-state index in [0.29, 0.717) is 12.0 Å². The van der Waals surface area contributed by atoms with E-state index in [2.05, 4.69) is 31.4 Å². The first-order valence-electron chi connectivity index (χ1n) is 6.20. The Morgan fingerprint density at radius 1 is 1.47 bits per heavy atom. The van der Waals surface area contributed by atoms with Crippen molar-refractivity contribution in [2.45, 2.75) is 46.1 Å². The minimum atomic E-state index is 0.177. The van der Waals surface area contributed by atoms with Crippen molar-refractivity contribution in [1.29, 1.82) is 0 Å². The van der Waals surface area contributed by atoms with E-state index in [1.165, 1.54) is 0 Å². The van der Waals surface area contributed by atoms with Gasteiger partial charge in [-0.3, -0.25) is 4.79 Å². The average molecular weight is 212 g/mol. The maximum atomic E-state index is 11.9. The van der Waals surface area contributed by atoms with E-state index in [1.54, 1.807) is 0 Å². The monoisotopic (exact) mass is 212 g/mol. The fraction of sp³-hybridized carbons (Fsp3) is 0.917. The first kappa shape index (κ1) is 12.5. The van der Waals surface area contributed by atoms with Gasteiger partial charge in [-0.2, -0.15) is 0 Å². The van der Waals surface area contributed by atoms with Gasteiger partial charge in [0.05, 0.1) is 5.92 Å². The quantitative estimate of drug-likeness (QED) is 0.726. The van der Waals surface area contributed by atoms with Crippen LogP contribution in [0.25, 0.3) is 0 Å². The molecule has 0 aromatic heterocycles. The normalized spacial score (nSPS) is 27.7. The molecule has 3 atom stereocenters. The summed E-state index contributed by atoms with van der Waals surface area (Å²) in [6, 6.07) is 0.371. The Hall–Kier alpha value is -0.570. The Kier molecular flexibility index (Phi) is 5.09. The first-order valence-corrected chi connectivity index (χ1v) is 6.20. The van der Waals surface area contributed by atoms with Crippen LogP contribution in [0.4, 0.5) is 0 Å². The third-order valence-corrected chi connectivity index (χ3v) is 3.33. The maximum Gasteiger partial charge on any atom is 0.224 e. The van der Waals surface area contributed by atoms with Crippen molar-refractivity contribution in [3.8, 4) is 0 Å². The lowest BCUT2D eigenvalue weighted by molar-refractivity contribution is -0.126. The molecule has 0 bridgehead atoms. The molecule has 1 rings (SSSR count). The molecule has 1 fully saturated rings. The van der Waals surface area contributed by atoms with Crippen LogP contribution in [0.1, 0.15) is 40.0 Å². The number of hydrogen-bond acceptors (Lipinski definition) is 2. The summed E-state index contributed by atoms with van der Waals surface area (Å²) in [6.45, 7) is 8.26. The Balaban J connectivity index is 2.39. The van der Waals surface area contributed by atoms with Gasteiger partial charge in [-0.1, -0.05) is 27.2 Å². The molecule has 0 saturated carbocycles. The van der Waals surface area contributed by atoms with Gasteiger partial charge in [0.15, 0.2) is 0 Å². The summed E-state index contributed by atoms with van der Waals surface area (Å²) in [7, 11) is 0. The Morgan fingerprint density at radius 3 is 2.67 bits per heavy atom. The SMILES string of the molecule is CCCC(CC)NC(=O)C1CNCC1C. The molecule has 1 heterocycles.